The van der Waals surface area contributed by atoms with E-state index < -0.39 is 0 Å². The lowest BCUT2D eigenvalue weighted by molar-refractivity contribution is 0.133. The van der Waals surface area contributed by atoms with E-state index in [0.717, 1.165) is 72.3 Å². The highest BCUT2D eigenvalue weighted by Crippen LogP contribution is 2.39. The number of para-hydroxylation sites is 1. The summed E-state index contributed by atoms with van der Waals surface area (Å²) < 4.78 is 27.1. The van der Waals surface area contributed by atoms with Gasteiger partial charge >= 0.3 is 0 Å². The van der Waals surface area contributed by atoms with Gasteiger partial charge in [0.1, 0.15) is 17.4 Å². The van der Waals surface area contributed by atoms with E-state index in [0.29, 0.717) is 12.6 Å². The van der Waals surface area contributed by atoms with Crippen molar-refractivity contribution in [3.8, 4) is 28.4 Å². The predicted octanol–water partition coefficient (Wildman–Crippen LogP) is 4.83. The van der Waals surface area contributed by atoms with Crippen LogP contribution in [0.1, 0.15) is 23.9 Å². The Morgan fingerprint density at radius 3 is 2.66 bits per heavy atom. The molecule has 0 saturated heterocycles. The molecule has 0 unspecified atom stereocenters. The molecule has 3 heterocycles. The number of fused-ring (bicyclic) bond motifs is 1. The highest BCUT2D eigenvalue weighted by atomic mass is 19.1. The molecule has 0 aliphatic carbocycles. The van der Waals surface area contributed by atoms with Gasteiger partial charge in [0.25, 0.3) is 0 Å². The van der Waals surface area contributed by atoms with Gasteiger partial charge in [-0.1, -0.05) is 18.2 Å². The quantitative estimate of drug-likeness (QED) is 0.306. The third-order valence-corrected chi connectivity index (χ3v) is 6.96. The van der Waals surface area contributed by atoms with Crippen LogP contribution in [0.15, 0.2) is 60.8 Å². The standard InChI is InChI=1S/C29H33FN6O2/c1-31-29-32-15-14-24(33-29)28-27(20-8-10-22(30)11-9-20)34-26-13-12-23(36(26)28)19-35(16-17-37-2)18-21-6-4-5-7-25(21)38-3/h4-11,14-15,23H,12-13,16-19H2,1-3H3,(H,31,32,33)/t23-/m0/s1. The average molecular weight is 517 g/mol. The van der Waals surface area contributed by atoms with Crippen LogP contribution in [0.2, 0.25) is 0 Å². The maximum Gasteiger partial charge on any atom is 0.222 e. The van der Waals surface area contributed by atoms with E-state index in [2.05, 4.69) is 25.8 Å². The van der Waals surface area contributed by atoms with E-state index in [1.54, 1.807) is 39.6 Å². The minimum Gasteiger partial charge on any atom is -0.496 e. The van der Waals surface area contributed by atoms with Gasteiger partial charge in [-0.2, -0.15) is 0 Å². The summed E-state index contributed by atoms with van der Waals surface area (Å²) in [6, 6.07) is 16.7. The second kappa shape index (κ2) is 11.7. The summed E-state index contributed by atoms with van der Waals surface area (Å²) >= 11 is 0. The zero-order valence-corrected chi connectivity index (χ0v) is 22.0. The molecule has 2 aromatic carbocycles. The number of aromatic nitrogens is 4. The Labute approximate surface area is 222 Å². The summed E-state index contributed by atoms with van der Waals surface area (Å²) in [6.07, 6.45) is 3.58. The molecule has 8 nitrogen and oxygen atoms in total. The molecule has 2 aromatic heterocycles. The van der Waals surface area contributed by atoms with Crippen LogP contribution in [-0.2, 0) is 17.7 Å². The van der Waals surface area contributed by atoms with Crippen molar-refractivity contribution in [1.29, 1.82) is 0 Å². The maximum absolute atomic E-state index is 13.7. The Bertz CT molecular complexity index is 1370. The molecule has 4 aromatic rings. The molecule has 0 bridgehead atoms. The lowest BCUT2D eigenvalue weighted by Crippen LogP contribution is -2.32. The first-order chi connectivity index (χ1) is 18.6. The summed E-state index contributed by atoms with van der Waals surface area (Å²) in [5, 5.41) is 3.03. The van der Waals surface area contributed by atoms with Gasteiger partial charge in [-0.15, -0.1) is 0 Å². The second-order valence-corrected chi connectivity index (χ2v) is 9.35. The number of ether oxygens (including phenoxy) is 2. The van der Waals surface area contributed by atoms with E-state index >= 15 is 0 Å². The van der Waals surface area contributed by atoms with E-state index in [4.69, 9.17) is 19.4 Å². The topological polar surface area (TPSA) is 77.3 Å². The molecule has 9 heteroatoms. The zero-order chi connectivity index (χ0) is 26.5. The number of nitrogens with one attached hydrogen (secondary N) is 1. The normalized spacial score (nSPS) is 14.6. The molecule has 1 atom stereocenters. The third-order valence-electron chi connectivity index (χ3n) is 6.96. The van der Waals surface area contributed by atoms with E-state index in [1.165, 1.54) is 12.1 Å². The number of imidazole rings is 1. The molecule has 1 aliphatic heterocycles. The van der Waals surface area contributed by atoms with Crippen LogP contribution >= 0.6 is 0 Å². The third kappa shape index (κ3) is 5.39. The summed E-state index contributed by atoms with van der Waals surface area (Å²) in [6.45, 7) is 2.96. The van der Waals surface area contributed by atoms with Crippen molar-refractivity contribution in [3.63, 3.8) is 0 Å². The van der Waals surface area contributed by atoms with Crippen LogP contribution in [0.4, 0.5) is 10.3 Å². The molecule has 0 amide bonds. The highest BCUT2D eigenvalue weighted by molar-refractivity contribution is 5.78. The van der Waals surface area contributed by atoms with E-state index in [9.17, 15) is 4.39 Å². The number of nitrogens with zero attached hydrogens (tertiary/aromatic N) is 5. The van der Waals surface area contributed by atoms with Gasteiger partial charge in [0.15, 0.2) is 0 Å². The minimum atomic E-state index is -0.274. The summed E-state index contributed by atoms with van der Waals surface area (Å²) in [5.41, 5.74) is 4.51. The molecule has 0 fully saturated rings. The van der Waals surface area contributed by atoms with Gasteiger partial charge in [0, 0.05) is 63.6 Å². The molecule has 5 rings (SSSR count). The van der Waals surface area contributed by atoms with Gasteiger partial charge in [0.2, 0.25) is 5.95 Å². The van der Waals surface area contributed by atoms with E-state index in [1.807, 2.05) is 24.3 Å². The number of benzene rings is 2. The van der Waals surface area contributed by atoms with Crippen LogP contribution in [-0.4, -0.2) is 65.4 Å². The number of halogens is 1. The summed E-state index contributed by atoms with van der Waals surface area (Å²) in [4.78, 5) is 16.5. The molecule has 0 spiro atoms. The van der Waals surface area contributed by atoms with Crippen molar-refractivity contribution in [2.45, 2.75) is 25.4 Å². The average Bonchev–Trinajstić information content (AvgIpc) is 3.52. The van der Waals surface area contributed by atoms with Gasteiger partial charge in [0.05, 0.1) is 30.8 Å². The SMILES string of the molecule is CNc1nccc(-c2c(-c3ccc(F)cc3)nc3n2[C@H](CN(CCOC)Cc2ccccc2OC)CC3)n1. The van der Waals surface area contributed by atoms with Crippen LogP contribution < -0.4 is 10.1 Å². The van der Waals surface area contributed by atoms with Crippen molar-refractivity contribution in [3.05, 3.63) is 78.0 Å². The molecule has 0 radical (unpaired) electrons. The highest BCUT2D eigenvalue weighted by Gasteiger charge is 2.32. The lowest BCUT2D eigenvalue weighted by Gasteiger charge is -2.28. The zero-order valence-electron chi connectivity index (χ0n) is 22.0. The predicted molar refractivity (Wildman–Crippen MR) is 146 cm³/mol. The fraction of sp³-hybridized carbons (Fsp3) is 0.345. The lowest BCUT2D eigenvalue weighted by atomic mass is 10.1. The van der Waals surface area contributed by atoms with Crippen LogP contribution in [0.25, 0.3) is 22.6 Å². The van der Waals surface area contributed by atoms with Crippen LogP contribution in [0, 0.1) is 5.82 Å². The van der Waals surface area contributed by atoms with E-state index in [-0.39, 0.29) is 11.9 Å². The molecule has 38 heavy (non-hydrogen) atoms. The number of rotatable bonds is 11. The van der Waals surface area contributed by atoms with Crippen molar-refractivity contribution < 1.29 is 13.9 Å². The smallest absolute Gasteiger partial charge is 0.222 e. The molecule has 0 saturated carbocycles. The van der Waals surface area contributed by atoms with Crippen LogP contribution in [0.5, 0.6) is 5.75 Å². The largest absolute Gasteiger partial charge is 0.496 e. The minimum absolute atomic E-state index is 0.182. The number of aryl methyl sites for hydroxylation is 1. The summed E-state index contributed by atoms with van der Waals surface area (Å²) in [5.74, 6) is 2.16. The molecule has 198 valence electrons. The van der Waals surface area contributed by atoms with Gasteiger partial charge in [-0.05, 0) is 42.8 Å². The van der Waals surface area contributed by atoms with Gasteiger partial charge in [-0.25, -0.2) is 19.3 Å². The first kappa shape index (κ1) is 25.8. The summed E-state index contributed by atoms with van der Waals surface area (Å²) in [7, 11) is 5.24. The number of anilines is 1. The fourth-order valence-electron chi connectivity index (χ4n) is 5.14. The molecular weight excluding hydrogens is 483 g/mol. The Morgan fingerprint density at radius 1 is 1.08 bits per heavy atom. The Kier molecular flexibility index (Phi) is 7.95. The Hall–Kier alpha value is -3.82. The number of methoxy groups -OCH3 is 2. The van der Waals surface area contributed by atoms with Crippen molar-refractivity contribution >= 4 is 5.95 Å². The first-order valence-corrected chi connectivity index (χ1v) is 12.8. The second-order valence-electron chi connectivity index (χ2n) is 9.35. The van der Waals surface area contributed by atoms with Crippen LogP contribution in [0.3, 0.4) is 0 Å². The van der Waals surface area contributed by atoms with Gasteiger partial charge in [-0.3, -0.25) is 4.90 Å². The van der Waals surface area contributed by atoms with Crippen molar-refractivity contribution in [1.82, 2.24) is 24.4 Å². The molecule has 1 N–H and O–H groups in total. The van der Waals surface area contributed by atoms with Gasteiger partial charge < -0.3 is 19.4 Å². The Balaban J connectivity index is 1.54. The maximum atomic E-state index is 13.7. The fourth-order valence-corrected chi connectivity index (χ4v) is 5.14. The van der Waals surface area contributed by atoms with Crippen molar-refractivity contribution in [2.75, 3.05) is 46.3 Å². The number of hydrogen-bond acceptors (Lipinski definition) is 7. The molecular formula is C29H33FN6O2. The molecule has 1 aliphatic rings. The number of hydrogen-bond donors (Lipinski definition) is 1. The first-order valence-electron chi connectivity index (χ1n) is 12.8. The van der Waals surface area contributed by atoms with Crippen molar-refractivity contribution in [2.24, 2.45) is 0 Å². The Morgan fingerprint density at radius 2 is 1.89 bits per heavy atom. The monoisotopic (exact) mass is 516 g/mol.